The molecule has 1 aliphatic heterocycles. The number of aliphatic hydroxyl groups excluding tert-OH is 3. The van der Waals surface area contributed by atoms with Crippen molar-refractivity contribution in [2.45, 2.75) is 179 Å². The fourth-order valence-electron chi connectivity index (χ4n) is 5.63. The van der Waals surface area contributed by atoms with Crippen LogP contribution in [0.2, 0.25) is 0 Å². The van der Waals surface area contributed by atoms with Crippen LogP contribution in [-0.2, 0) is 38.7 Å². The van der Waals surface area contributed by atoms with E-state index in [4.69, 9.17) is 18.9 Å². The molecule has 12 nitrogen and oxygen atoms in total. The second-order valence-corrected chi connectivity index (χ2v) is 15.1. The van der Waals surface area contributed by atoms with Crippen LogP contribution in [-0.4, -0.2) is 96.0 Å². The van der Waals surface area contributed by atoms with Crippen LogP contribution < -0.4 is 0 Å². The van der Waals surface area contributed by atoms with Crippen LogP contribution in [0.5, 0.6) is 0 Å². The molecule has 13 heteroatoms. The summed E-state index contributed by atoms with van der Waals surface area (Å²) in [4.78, 5) is 25.1. The summed E-state index contributed by atoms with van der Waals surface area (Å²) in [7, 11) is -4.60. The second kappa shape index (κ2) is 30.2. The Bertz CT molecular complexity index is 1120. The summed E-state index contributed by atoms with van der Waals surface area (Å²) >= 11 is 0. The number of hydrogen-bond acceptors (Lipinski definition) is 11. The van der Waals surface area contributed by atoms with Gasteiger partial charge in [-0.1, -0.05) is 121 Å². The molecule has 6 atom stereocenters. The van der Waals surface area contributed by atoms with Gasteiger partial charge < -0.3 is 34.3 Å². The third-order valence-electron chi connectivity index (χ3n) is 8.72. The van der Waals surface area contributed by atoms with Crippen molar-refractivity contribution in [2.24, 2.45) is 0 Å². The van der Waals surface area contributed by atoms with Gasteiger partial charge in [0.15, 0.2) is 12.4 Å². The van der Waals surface area contributed by atoms with Gasteiger partial charge in [-0.05, 0) is 44.9 Å². The first-order valence-electron chi connectivity index (χ1n) is 19.5. The van der Waals surface area contributed by atoms with Gasteiger partial charge in [-0.15, -0.1) is 0 Å². The molecule has 0 radical (unpaired) electrons. The van der Waals surface area contributed by atoms with Gasteiger partial charge >= 0.3 is 11.9 Å². The van der Waals surface area contributed by atoms with Crippen LogP contribution in [0.1, 0.15) is 142 Å². The molecule has 0 amide bonds. The van der Waals surface area contributed by atoms with Gasteiger partial charge in [0.25, 0.3) is 10.1 Å². The first-order chi connectivity index (χ1) is 25.0. The van der Waals surface area contributed by atoms with Crippen molar-refractivity contribution in [2.75, 3.05) is 19.0 Å². The van der Waals surface area contributed by atoms with Gasteiger partial charge in [0, 0.05) is 12.8 Å². The Labute approximate surface area is 312 Å². The van der Waals surface area contributed by atoms with Crippen molar-refractivity contribution >= 4 is 22.1 Å². The molecular formula is C39H68O12S. The van der Waals surface area contributed by atoms with Crippen molar-refractivity contribution < 1.29 is 56.8 Å². The highest BCUT2D eigenvalue weighted by Gasteiger charge is 2.46. The van der Waals surface area contributed by atoms with Gasteiger partial charge in [-0.25, -0.2) is 0 Å². The summed E-state index contributed by atoms with van der Waals surface area (Å²) in [6.45, 7) is 3.62. The molecule has 1 aliphatic rings. The first-order valence-corrected chi connectivity index (χ1v) is 21.2. The van der Waals surface area contributed by atoms with Gasteiger partial charge in [0.05, 0.1) is 6.61 Å². The quantitative estimate of drug-likeness (QED) is 0.0255. The third-order valence-corrected chi connectivity index (χ3v) is 9.47. The predicted molar refractivity (Wildman–Crippen MR) is 201 cm³/mol. The summed E-state index contributed by atoms with van der Waals surface area (Å²) in [5.41, 5.74) is 0. The SMILES string of the molecule is CCCCCCCC/C=C/C/C=C/C/C=C/CCCC(=O)OC[C@H](CO[C@H]1O[C@H](CS(=O)(=O)O)[C@@H](O)C(O)C1O)OC(=O)CCCCCCCCC. The highest BCUT2D eigenvalue weighted by atomic mass is 32.2. The standard InChI is InChI=1S/C39H68O12S/c1-3-5-7-9-11-12-13-14-15-16-17-18-19-20-22-23-25-27-34(40)48-29-32(50-35(41)28-26-24-21-10-8-6-4-2)30-49-39-38(44)37(43)36(42)33(51-39)31-52(45,46)47/h14-15,17-18,20,22,32-33,36-39,42-44H,3-13,16,19,21,23-31H2,1-2H3,(H,45,46,47)/b15-14+,18-17+,22-20+/t32-,33-,36-,37?,38?,39+/m1/s1. The molecule has 4 N–H and O–H groups in total. The van der Waals surface area contributed by atoms with Crippen molar-refractivity contribution in [3.05, 3.63) is 36.5 Å². The van der Waals surface area contributed by atoms with E-state index in [-0.39, 0.29) is 19.4 Å². The van der Waals surface area contributed by atoms with Gasteiger partial charge in [0.1, 0.15) is 36.8 Å². The Balaban J connectivity index is 2.50. The number of ether oxygens (including phenoxy) is 4. The van der Waals surface area contributed by atoms with Crippen LogP contribution in [0.3, 0.4) is 0 Å². The lowest BCUT2D eigenvalue weighted by molar-refractivity contribution is -0.297. The van der Waals surface area contributed by atoms with Crippen LogP contribution in [0, 0.1) is 0 Å². The molecule has 302 valence electrons. The monoisotopic (exact) mass is 760 g/mol. The molecule has 0 saturated carbocycles. The molecule has 2 unspecified atom stereocenters. The molecule has 1 saturated heterocycles. The minimum Gasteiger partial charge on any atom is -0.462 e. The number of aliphatic hydroxyl groups is 3. The number of esters is 2. The predicted octanol–water partition coefficient (Wildman–Crippen LogP) is 6.66. The van der Waals surface area contributed by atoms with E-state index < -0.39 is 71.2 Å². The average molecular weight is 761 g/mol. The zero-order valence-electron chi connectivity index (χ0n) is 31.7. The van der Waals surface area contributed by atoms with E-state index >= 15 is 0 Å². The zero-order chi connectivity index (χ0) is 38.5. The minimum absolute atomic E-state index is 0.148. The van der Waals surface area contributed by atoms with E-state index in [0.717, 1.165) is 51.4 Å². The average Bonchev–Trinajstić information content (AvgIpc) is 3.10. The second-order valence-electron chi connectivity index (χ2n) is 13.6. The summed E-state index contributed by atoms with van der Waals surface area (Å²) in [6.07, 6.45) is 22.4. The van der Waals surface area contributed by atoms with E-state index in [9.17, 15) is 37.9 Å². The van der Waals surface area contributed by atoms with Crippen LogP contribution >= 0.6 is 0 Å². The lowest BCUT2D eigenvalue weighted by Crippen LogP contribution is -2.60. The highest BCUT2D eigenvalue weighted by molar-refractivity contribution is 7.85. The topological polar surface area (TPSA) is 186 Å². The number of rotatable bonds is 31. The number of hydrogen-bond donors (Lipinski definition) is 4. The van der Waals surface area contributed by atoms with Crippen molar-refractivity contribution in [3.63, 3.8) is 0 Å². The van der Waals surface area contributed by atoms with Crippen LogP contribution in [0.15, 0.2) is 36.5 Å². The third kappa shape index (κ3) is 25.0. The van der Waals surface area contributed by atoms with Crippen molar-refractivity contribution in [1.82, 2.24) is 0 Å². The molecule has 1 rings (SSSR count). The Morgan fingerprint density at radius 1 is 0.654 bits per heavy atom. The molecular weight excluding hydrogens is 692 g/mol. The lowest BCUT2D eigenvalue weighted by Gasteiger charge is -2.40. The van der Waals surface area contributed by atoms with Crippen LogP contribution in [0.25, 0.3) is 0 Å². The summed E-state index contributed by atoms with van der Waals surface area (Å²) in [6, 6.07) is 0. The maximum absolute atomic E-state index is 12.6. The first kappa shape index (κ1) is 47.9. The highest BCUT2D eigenvalue weighted by Crippen LogP contribution is 2.24. The van der Waals surface area contributed by atoms with E-state index in [2.05, 4.69) is 44.2 Å². The van der Waals surface area contributed by atoms with E-state index in [1.807, 2.05) is 6.08 Å². The largest absolute Gasteiger partial charge is 0.462 e. The summed E-state index contributed by atoms with van der Waals surface area (Å²) < 4.78 is 53.6. The van der Waals surface area contributed by atoms with Crippen LogP contribution in [0.4, 0.5) is 0 Å². The minimum atomic E-state index is -4.60. The normalized spacial score (nSPS) is 21.7. The van der Waals surface area contributed by atoms with E-state index in [1.165, 1.54) is 44.9 Å². The zero-order valence-corrected chi connectivity index (χ0v) is 32.5. The Kier molecular flexibility index (Phi) is 27.8. The van der Waals surface area contributed by atoms with E-state index in [0.29, 0.717) is 19.3 Å². The maximum atomic E-state index is 12.6. The van der Waals surface area contributed by atoms with Crippen molar-refractivity contribution in [1.29, 1.82) is 0 Å². The molecule has 1 fully saturated rings. The molecule has 1 heterocycles. The fourth-order valence-corrected chi connectivity index (χ4v) is 6.32. The fraction of sp³-hybridized carbons (Fsp3) is 0.795. The molecule has 0 spiro atoms. The van der Waals surface area contributed by atoms with Gasteiger partial charge in [-0.2, -0.15) is 8.42 Å². The number of allylic oxidation sites excluding steroid dienone is 6. The number of carbonyl (C=O) groups excluding carboxylic acids is 2. The molecule has 0 bridgehead atoms. The molecule has 0 aliphatic carbocycles. The molecule has 0 aromatic carbocycles. The Morgan fingerprint density at radius 2 is 1.17 bits per heavy atom. The smallest absolute Gasteiger partial charge is 0.306 e. The maximum Gasteiger partial charge on any atom is 0.306 e. The molecule has 52 heavy (non-hydrogen) atoms. The van der Waals surface area contributed by atoms with Gasteiger partial charge in [0.2, 0.25) is 0 Å². The van der Waals surface area contributed by atoms with Gasteiger partial charge in [-0.3, -0.25) is 14.1 Å². The Hall–Kier alpha value is -2.13. The molecule has 0 aromatic heterocycles. The van der Waals surface area contributed by atoms with E-state index in [1.54, 1.807) is 0 Å². The number of carbonyl (C=O) groups is 2. The number of unbranched alkanes of at least 4 members (excludes halogenated alkanes) is 13. The van der Waals surface area contributed by atoms with Crippen molar-refractivity contribution in [3.8, 4) is 0 Å². The Morgan fingerprint density at radius 3 is 1.77 bits per heavy atom. The summed E-state index contributed by atoms with van der Waals surface area (Å²) in [5.74, 6) is -2.06. The lowest BCUT2D eigenvalue weighted by atomic mass is 10.00. The molecule has 0 aromatic rings. The summed E-state index contributed by atoms with van der Waals surface area (Å²) in [5, 5.41) is 30.7.